The van der Waals surface area contributed by atoms with E-state index in [1.54, 1.807) is 18.3 Å². The maximum atomic E-state index is 10.9. The maximum Gasteiger partial charge on any atom is 0.335 e. The summed E-state index contributed by atoms with van der Waals surface area (Å²) in [7, 11) is 0. The lowest BCUT2D eigenvalue weighted by Gasteiger charge is -2.17. The van der Waals surface area contributed by atoms with Crippen molar-refractivity contribution in [3.63, 3.8) is 0 Å². The van der Waals surface area contributed by atoms with Crippen LogP contribution in [0.2, 0.25) is 0 Å². The van der Waals surface area contributed by atoms with Gasteiger partial charge in [0.05, 0.1) is 18.3 Å². The van der Waals surface area contributed by atoms with Crippen molar-refractivity contribution in [1.29, 1.82) is 0 Å². The number of aromatic nitrogens is 1. The number of nitrogens with zero attached hydrogens (tertiary/aromatic N) is 2. The number of aromatic carboxylic acids is 1. The average Bonchev–Trinajstić information content (AvgIpc) is 2.99. The largest absolute Gasteiger partial charge is 0.478 e. The number of benzene rings is 1. The van der Waals surface area contributed by atoms with Gasteiger partial charge in [-0.1, -0.05) is 5.16 Å². The summed E-state index contributed by atoms with van der Waals surface area (Å²) in [6.45, 7) is 1.54. The lowest BCUT2D eigenvalue weighted by Crippen LogP contribution is -2.19. The van der Waals surface area contributed by atoms with Crippen LogP contribution in [0, 0.1) is 0 Å². The van der Waals surface area contributed by atoms with Gasteiger partial charge in [0.2, 0.25) is 0 Å². The van der Waals surface area contributed by atoms with E-state index in [0.29, 0.717) is 12.1 Å². The molecule has 92 valence electrons. The van der Waals surface area contributed by atoms with Crippen LogP contribution in [-0.2, 0) is 13.0 Å². The summed E-state index contributed by atoms with van der Waals surface area (Å²) in [5.74, 6) is -0.0726. The van der Waals surface area contributed by atoms with E-state index in [9.17, 15) is 4.79 Å². The monoisotopic (exact) mass is 244 g/mol. The molecule has 0 amide bonds. The number of hydrogen-bond donors (Lipinski definition) is 1. The Kier molecular flexibility index (Phi) is 2.51. The summed E-state index contributed by atoms with van der Waals surface area (Å²) in [5.41, 5.74) is 2.50. The number of carboxylic acid groups (broad SMARTS) is 1. The zero-order valence-corrected chi connectivity index (χ0v) is 9.67. The molecule has 1 aromatic heterocycles. The van der Waals surface area contributed by atoms with Crippen molar-refractivity contribution >= 4 is 11.7 Å². The Bertz CT molecular complexity index is 578. The van der Waals surface area contributed by atoms with Crippen molar-refractivity contribution in [3.05, 3.63) is 47.3 Å². The van der Waals surface area contributed by atoms with Crippen LogP contribution in [0.25, 0.3) is 0 Å². The first-order valence-electron chi connectivity index (χ1n) is 5.75. The lowest BCUT2D eigenvalue weighted by molar-refractivity contribution is 0.0697. The predicted octanol–water partition coefficient (Wildman–Crippen LogP) is 1.94. The Balaban J connectivity index is 1.86. The van der Waals surface area contributed by atoms with Gasteiger partial charge in [0.1, 0.15) is 0 Å². The second kappa shape index (κ2) is 4.18. The Labute approximate surface area is 104 Å². The van der Waals surface area contributed by atoms with Gasteiger partial charge in [-0.15, -0.1) is 0 Å². The number of hydrogen-bond acceptors (Lipinski definition) is 4. The molecule has 0 spiro atoms. The van der Waals surface area contributed by atoms with Crippen molar-refractivity contribution in [2.24, 2.45) is 0 Å². The average molecular weight is 244 g/mol. The van der Waals surface area contributed by atoms with Crippen molar-refractivity contribution in [1.82, 2.24) is 5.16 Å². The maximum absolute atomic E-state index is 10.9. The van der Waals surface area contributed by atoms with E-state index in [2.05, 4.69) is 10.1 Å². The molecule has 0 atom stereocenters. The molecule has 0 saturated heterocycles. The van der Waals surface area contributed by atoms with E-state index in [4.69, 9.17) is 9.63 Å². The van der Waals surface area contributed by atoms with Crippen molar-refractivity contribution in [3.8, 4) is 0 Å². The summed E-state index contributed by atoms with van der Waals surface area (Å²) in [5, 5.41) is 12.6. The third kappa shape index (κ3) is 1.84. The van der Waals surface area contributed by atoms with Gasteiger partial charge in [-0.05, 0) is 30.2 Å². The van der Waals surface area contributed by atoms with Crippen LogP contribution in [0.3, 0.4) is 0 Å². The summed E-state index contributed by atoms with van der Waals surface area (Å²) in [4.78, 5) is 13.1. The fourth-order valence-electron chi connectivity index (χ4n) is 2.28. The third-order valence-corrected chi connectivity index (χ3v) is 3.16. The van der Waals surface area contributed by atoms with E-state index in [1.165, 1.54) is 0 Å². The third-order valence-electron chi connectivity index (χ3n) is 3.16. The summed E-state index contributed by atoms with van der Waals surface area (Å²) in [6, 6.07) is 7.09. The summed E-state index contributed by atoms with van der Waals surface area (Å²) >= 11 is 0. The van der Waals surface area contributed by atoms with Crippen molar-refractivity contribution < 1.29 is 14.4 Å². The molecule has 0 radical (unpaired) electrons. The molecule has 5 heteroatoms. The van der Waals surface area contributed by atoms with Crippen LogP contribution >= 0.6 is 0 Å². The standard InChI is InChI=1S/C13H12N2O3/c16-13(17)10-1-2-12-9(7-10)4-6-15(12)8-11-3-5-14-18-11/h1-3,5,7H,4,6,8H2,(H,16,17). The zero-order valence-electron chi connectivity index (χ0n) is 9.67. The van der Waals surface area contributed by atoms with Crippen LogP contribution in [0.4, 0.5) is 5.69 Å². The molecule has 0 bridgehead atoms. The molecule has 2 heterocycles. The molecule has 1 N–H and O–H groups in total. The smallest absolute Gasteiger partial charge is 0.335 e. The number of carbonyl (C=O) groups is 1. The second-order valence-electron chi connectivity index (χ2n) is 4.30. The molecule has 2 aromatic rings. The number of rotatable bonds is 3. The first-order valence-corrected chi connectivity index (χ1v) is 5.75. The molecular weight excluding hydrogens is 232 g/mol. The quantitative estimate of drug-likeness (QED) is 0.893. The topological polar surface area (TPSA) is 66.6 Å². The molecule has 0 fully saturated rings. The second-order valence-corrected chi connectivity index (χ2v) is 4.30. The molecule has 1 aliphatic rings. The van der Waals surface area contributed by atoms with Crippen LogP contribution in [0.1, 0.15) is 21.7 Å². The molecule has 18 heavy (non-hydrogen) atoms. The Hall–Kier alpha value is -2.30. The fraction of sp³-hybridized carbons (Fsp3) is 0.231. The summed E-state index contributed by atoms with van der Waals surface area (Å²) < 4.78 is 5.09. The van der Waals surface area contributed by atoms with Gasteiger partial charge < -0.3 is 14.5 Å². The van der Waals surface area contributed by atoms with Gasteiger partial charge in [-0.25, -0.2) is 4.79 Å². The predicted molar refractivity (Wildman–Crippen MR) is 64.7 cm³/mol. The molecule has 0 saturated carbocycles. The molecular formula is C13H12N2O3. The number of anilines is 1. The van der Waals surface area contributed by atoms with Gasteiger partial charge in [-0.3, -0.25) is 0 Å². The highest BCUT2D eigenvalue weighted by molar-refractivity contribution is 5.88. The van der Waals surface area contributed by atoms with E-state index in [1.807, 2.05) is 12.1 Å². The molecule has 5 nitrogen and oxygen atoms in total. The minimum absolute atomic E-state index is 0.343. The van der Waals surface area contributed by atoms with Gasteiger partial charge in [0, 0.05) is 18.3 Å². The minimum Gasteiger partial charge on any atom is -0.478 e. The Morgan fingerprint density at radius 1 is 1.44 bits per heavy atom. The number of carboxylic acids is 1. The van der Waals surface area contributed by atoms with E-state index in [0.717, 1.165) is 30.0 Å². The highest BCUT2D eigenvalue weighted by atomic mass is 16.5. The molecule has 0 aliphatic carbocycles. The van der Waals surface area contributed by atoms with Crippen LogP contribution < -0.4 is 4.90 Å². The van der Waals surface area contributed by atoms with Gasteiger partial charge >= 0.3 is 5.97 Å². The highest BCUT2D eigenvalue weighted by Crippen LogP contribution is 2.30. The van der Waals surface area contributed by atoms with Crippen molar-refractivity contribution in [2.45, 2.75) is 13.0 Å². The highest BCUT2D eigenvalue weighted by Gasteiger charge is 2.21. The lowest BCUT2D eigenvalue weighted by atomic mass is 10.1. The first-order chi connectivity index (χ1) is 8.74. The summed E-state index contributed by atoms with van der Waals surface area (Å²) in [6.07, 6.45) is 2.49. The molecule has 1 aliphatic heterocycles. The van der Waals surface area contributed by atoms with E-state index >= 15 is 0 Å². The van der Waals surface area contributed by atoms with E-state index in [-0.39, 0.29) is 0 Å². The Morgan fingerprint density at radius 3 is 3.06 bits per heavy atom. The van der Waals surface area contributed by atoms with Crippen LogP contribution in [-0.4, -0.2) is 22.8 Å². The van der Waals surface area contributed by atoms with Gasteiger partial charge in [-0.2, -0.15) is 0 Å². The Morgan fingerprint density at radius 2 is 2.33 bits per heavy atom. The normalized spacial score (nSPS) is 13.7. The first kappa shape index (κ1) is 10.8. The van der Waals surface area contributed by atoms with Crippen molar-refractivity contribution in [2.75, 3.05) is 11.4 Å². The van der Waals surface area contributed by atoms with Gasteiger partial charge in [0.25, 0.3) is 0 Å². The SMILES string of the molecule is O=C(O)c1ccc2c(c1)CCN2Cc1ccno1. The van der Waals surface area contributed by atoms with Crippen LogP contribution in [0.15, 0.2) is 35.0 Å². The van der Waals surface area contributed by atoms with E-state index < -0.39 is 5.97 Å². The molecule has 3 rings (SSSR count). The zero-order chi connectivity index (χ0) is 12.5. The number of fused-ring (bicyclic) bond motifs is 1. The molecule has 1 aromatic carbocycles. The van der Waals surface area contributed by atoms with Crippen LogP contribution in [0.5, 0.6) is 0 Å². The fourth-order valence-corrected chi connectivity index (χ4v) is 2.28. The minimum atomic E-state index is -0.883. The van der Waals surface area contributed by atoms with Gasteiger partial charge in [0.15, 0.2) is 5.76 Å². The molecule has 0 unspecified atom stereocenters.